The van der Waals surface area contributed by atoms with Gasteiger partial charge in [-0.25, -0.2) is 17.5 Å². The molecule has 1 unspecified atom stereocenters. The number of amides is 1. The van der Waals surface area contributed by atoms with Crippen LogP contribution < -0.4 is 10.0 Å². The number of thiophene rings is 1. The van der Waals surface area contributed by atoms with Crippen LogP contribution in [0.1, 0.15) is 36.7 Å². The van der Waals surface area contributed by atoms with Crippen LogP contribution in [0.15, 0.2) is 41.1 Å². The summed E-state index contributed by atoms with van der Waals surface area (Å²) < 4.78 is 40.7. The van der Waals surface area contributed by atoms with Crippen molar-refractivity contribution in [3.63, 3.8) is 0 Å². The molecule has 1 aromatic heterocycles. The van der Waals surface area contributed by atoms with E-state index in [4.69, 9.17) is 0 Å². The molecule has 1 atom stereocenters. The van der Waals surface area contributed by atoms with Crippen molar-refractivity contribution in [1.29, 1.82) is 0 Å². The monoisotopic (exact) mass is 384 g/mol. The highest BCUT2D eigenvalue weighted by Crippen LogP contribution is 2.26. The zero-order valence-electron chi connectivity index (χ0n) is 14.2. The molecule has 136 valence electrons. The fraction of sp³-hybridized carbons (Fsp3) is 0.353. The van der Waals surface area contributed by atoms with Crippen molar-refractivity contribution >= 4 is 33.0 Å². The molecule has 0 fully saturated rings. The van der Waals surface area contributed by atoms with Crippen LogP contribution in [0.3, 0.4) is 0 Å². The lowest BCUT2D eigenvalue weighted by molar-refractivity contribution is 0.102. The van der Waals surface area contributed by atoms with Crippen LogP contribution in [0.4, 0.5) is 10.1 Å². The predicted octanol–water partition coefficient (Wildman–Crippen LogP) is 3.51. The van der Waals surface area contributed by atoms with Gasteiger partial charge in [0.25, 0.3) is 5.91 Å². The van der Waals surface area contributed by atoms with Gasteiger partial charge in [-0.2, -0.15) is 11.3 Å². The molecular formula is C17H21FN2O3S2. The standard InChI is InChI=1S/C17H21FN2O3S2/c1-12(2)25(22,23)19-11-17(3,18)14-4-6-15(7-5-14)20-16(21)13-8-9-24-10-13/h4-10,12,19H,11H2,1-3H3,(H,20,21). The predicted molar refractivity (Wildman–Crippen MR) is 99.2 cm³/mol. The van der Waals surface area contributed by atoms with Gasteiger partial charge < -0.3 is 5.32 Å². The van der Waals surface area contributed by atoms with Gasteiger partial charge >= 0.3 is 0 Å². The molecule has 0 aliphatic carbocycles. The van der Waals surface area contributed by atoms with Gasteiger partial charge in [0.1, 0.15) is 5.67 Å². The van der Waals surface area contributed by atoms with Crippen molar-refractivity contribution in [3.8, 4) is 0 Å². The summed E-state index contributed by atoms with van der Waals surface area (Å²) in [6.45, 7) is 4.02. The second-order valence-corrected chi connectivity index (χ2v) is 9.26. The molecule has 0 spiro atoms. The number of carbonyl (C=O) groups is 1. The van der Waals surface area contributed by atoms with E-state index in [0.29, 0.717) is 16.8 Å². The number of halogens is 1. The highest BCUT2D eigenvalue weighted by molar-refractivity contribution is 7.90. The lowest BCUT2D eigenvalue weighted by Crippen LogP contribution is -2.39. The minimum atomic E-state index is -3.53. The summed E-state index contributed by atoms with van der Waals surface area (Å²) in [5.41, 5.74) is -0.434. The average molecular weight is 384 g/mol. The van der Waals surface area contributed by atoms with Crippen molar-refractivity contribution in [2.45, 2.75) is 31.7 Å². The Balaban J connectivity index is 2.04. The van der Waals surface area contributed by atoms with E-state index in [1.54, 1.807) is 23.6 Å². The molecule has 0 saturated carbocycles. The van der Waals surface area contributed by atoms with Crippen molar-refractivity contribution in [2.24, 2.45) is 0 Å². The number of anilines is 1. The van der Waals surface area contributed by atoms with Gasteiger partial charge in [0.2, 0.25) is 10.0 Å². The van der Waals surface area contributed by atoms with Gasteiger partial charge in [-0.1, -0.05) is 12.1 Å². The summed E-state index contributed by atoms with van der Waals surface area (Å²) in [7, 11) is -3.53. The Morgan fingerprint density at radius 1 is 1.24 bits per heavy atom. The molecule has 8 heteroatoms. The van der Waals surface area contributed by atoms with Crippen molar-refractivity contribution < 1.29 is 17.6 Å². The lowest BCUT2D eigenvalue weighted by atomic mass is 9.98. The molecule has 0 bridgehead atoms. The van der Waals surface area contributed by atoms with Crippen LogP contribution in [0, 0.1) is 0 Å². The average Bonchev–Trinajstić information content (AvgIpc) is 3.08. The van der Waals surface area contributed by atoms with Gasteiger partial charge in [-0.05, 0) is 49.9 Å². The number of hydrogen-bond acceptors (Lipinski definition) is 4. The summed E-state index contributed by atoms with van der Waals surface area (Å²) in [6.07, 6.45) is 0. The van der Waals surface area contributed by atoms with Crippen LogP contribution in [-0.4, -0.2) is 26.1 Å². The normalized spacial score (nSPS) is 14.3. The first kappa shape index (κ1) is 19.6. The minimum Gasteiger partial charge on any atom is -0.322 e. The molecule has 25 heavy (non-hydrogen) atoms. The Kier molecular flexibility index (Phi) is 5.97. The van der Waals surface area contributed by atoms with E-state index >= 15 is 0 Å². The van der Waals surface area contributed by atoms with Crippen molar-refractivity contribution in [1.82, 2.24) is 4.72 Å². The maximum atomic E-state index is 14.8. The zero-order chi connectivity index (χ0) is 18.7. The fourth-order valence-corrected chi connectivity index (χ4v) is 3.44. The van der Waals surface area contributed by atoms with Gasteiger partial charge in [-0.3, -0.25) is 4.79 Å². The number of alkyl halides is 1. The smallest absolute Gasteiger partial charge is 0.256 e. The Labute approximate surface area is 151 Å². The maximum absolute atomic E-state index is 14.8. The molecule has 1 heterocycles. The van der Waals surface area contributed by atoms with E-state index in [-0.39, 0.29) is 12.5 Å². The molecule has 2 rings (SSSR count). The van der Waals surface area contributed by atoms with Crippen LogP contribution in [0.25, 0.3) is 0 Å². The molecule has 5 nitrogen and oxygen atoms in total. The van der Waals surface area contributed by atoms with Gasteiger partial charge in [0.05, 0.1) is 10.8 Å². The summed E-state index contributed by atoms with van der Waals surface area (Å²) in [4.78, 5) is 12.0. The Hall–Kier alpha value is -1.77. The topological polar surface area (TPSA) is 75.3 Å². The molecule has 0 aliphatic rings. The molecule has 2 N–H and O–H groups in total. The summed E-state index contributed by atoms with van der Waals surface area (Å²) in [5.74, 6) is -0.235. The molecular weight excluding hydrogens is 363 g/mol. The summed E-state index contributed by atoms with van der Waals surface area (Å²) >= 11 is 1.43. The largest absolute Gasteiger partial charge is 0.322 e. The number of carbonyl (C=O) groups excluding carboxylic acids is 1. The lowest BCUT2D eigenvalue weighted by Gasteiger charge is -2.22. The van der Waals surface area contributed by atoms with E-state index in [1.165, 1.54) is 44.2 Å². The quantitative estimate of drug-likeness (QED) is 0.767. The molecule has 1 amide bonds. The van der Waals surface area contributed by atoms with E-state index in [2.05, 4.69) is 10.0 Å². The first-order valence-electron chi connectivity index (χ1n) is 7.73. The zero-order valence-corrected chi connectivity index (χ0v) is 15.9. The van der Waals surface area contributed by atoms with E-state index in [0.717, 1.165) is 0 Å². The molecule has 0 radical (unpaired) electrons. The highest BCUT2D eigenvalue weighted by atomic mass is 32.2. The van der Waals surface area contributed by atoms with Gasteiger partial charge in [0, 0.05) is 17.6 Å². The molecule has 1 aromatic carbocycles. The fourth-order valence-electron chi connectivity index (χ4n) is 2.00. The van der Waals surface area contributed by atoms with Crippen molar-refractivity contribution in [3.05, 3.63) is 52.2 Å². The molecule has 0 saturated heterocycles. The van der Waals surface area contributed by atoms with Gasteiger partial charge in [-0.15, -0.1) is 0 Å². The SMILES string of the molecule is CC(C)S(=O)(=O)NCC(C)(F)c1ccc(NC(=O)c2ccsc2)cc1. The van der Waals surface area contributed by atoms with Crippen LogP contribution in [0.2, 0.25) is 0 Å². The highest BCUT2D eigenvalue weighted by Gasteiger charge is 2.29. The number of hydrogen-bond donors (Lipinski definition) is 2. The third-order valence-corrected chi connectivity index (χ3v) is 6.23. The second-order valence-electron chi connectivity index (χ2n) is 6.16. The van der Waals surface area contributed by atoms with Crippen molar-refractivity contribution in [2.75, 3.05) is 11.9 Å². The van der Waals surface area contributed by atoms with Crippen LogP contribution >= 0.6 is 11.3 Å². The second kappa shape index (κ2) is 7.63. The van der Waals surface area contributed by atoms with Crippen LogP contribution in [-0.2, 0) is 15.7 Å². The Morgan fingerprint density at radius 2 is 1.88 bits per heavy atom. The summed E-state index contributed by atoms with van der Waals surface area (Å²) in [5, 5.41) is 5.65. The number of nitrogens with one attached hydrogen (secondary N) is 2. The first-order chi connectivity index (χ1) is 11.6. The minimum absolute atomic E-state index is 0.235. The van der Waals surface area contributed by atoms with Crippen LogP contribution in [0.5, 0.6) is 0 Å². The number of benzene rings is 1. The van der Waals surface area contributed by atoms with E-state index in [9.17, 15) is 17.6 Å². The summed E-state index contributed by atoms with van der Waals surface area (Å²) in [6, 6.07) is 7.97. The van der Waals surface area contributed by atoms with E-state index < -0.39 is 20.9 Å². The molecule has 0 aliphatic heterocycles. The molecule has 2 aromatic rings. The Morgan fingerprint density at radius 3 is 2.40 bits per heavy atom. The Bertz CT molecular complexity index is 814. The maximum Gasteiger partial charge on any atom is 0.256 e. The number of rotatable bonds is 7. The number of sulfonamides is 1. The third-order valence-electron chi connectivity index (χ3n) is 3.75. The van der Waals surface area contributed by atoms with E-state index in [1.807, 2.05) is 5.38 Å². The first-order valence-corrected chi connectivity index (χ1v) is 10.2. The van der Waals surface area contributed by atoms with Gasteiger partial charge in [0.15, 0.2) is 0 Å². The third kappa shape index (κ3) is 5.10.